The van der Waals surface area contributed by atoms with Gasteiger partial charge in [0.05, 0.1) is 25.3 Å². The molecule has 2 aromatic rings. The van der Waals surface area contributed by atoms with Crippen LogP contribution < -0.4 is 10.6 Å². The molecular formula is C26H34N4O4S. The standard InChI is InChI=1S/C26H34N4O4S/c1-4-34-26(33)24-19-8-6-10-21(19)35-25(24)28-23(32)16-30-13-11-29(12-14-30)15-22(31)27-20-9-5-7-17(2)18(20)3/h5,7,9H,4,6,8,10-16H2,1-3H3,(H,27,31)(H,28,32). The zero-order chi connectivity index (χ0) is 24.9. The SMILES string of the molecule is CCOC(=O)c1c(NC(=O)CN2CCN(CC(=O)Nc3cccc(C)c3C)CC2)sc2c1CCC2. The molecule has 0 bridgehead atoms. The number of nitrogens with zero attached hydrogens (tertiary/aromatic N) is 2. The monoisotopic (exact) mass is 498 g/mol. The summed E-state index contributed by atoms with van der Waals surface area (Å²) < 4.78 is 5.24. The Morgan fingerprint density at radius 2 is 1.63 bits per heavy atom. The third-order valence-corrected chi connectivity index (χ3v) is 7.94. The van der Waals surface area contributed by atoms with Crippen molar-refractivity contribution >= 4 is 39.8 Å². The summed E-state index contributed by atoms with van der Waals surface area (Å²) in [5.41, 5.74) is 4.66. The van der Waals surface area contributed by atoms with E-state index in [1.54, 1.807) is 6.92 Å². The second kappa shape index (κ2) is 11.3. The molecule has 2 N–H and O–H groups in total. The Bertz CT molecular complexity index is 1110. The van der Waals surface area contributed by atoms with Crippen molar-refractivity contribution in [2.75, 3.05) is 56.5 Å². The second-order valence-electron chi connectivity index (χ2n) is 9.18. The first-order chi connectivity index (χ1) is 16.9. The summed E-state index contributed by atoms with van der Waals surface area (Å²) >= 11 is 1.50. The smallest absolute Gasteiger partial charge is 0.341 e. The molecule has 2 aliphatic rings. The van der Waals surface area contributed by atoms with E-state index in [2.05, 4.69) is 20.4 Å². The van der Waals surface area contributed by atoms with Crippen LogP contribution in [-0.2, 0) is 27.2 Å². The van der Waals surface area contributed by atoms with Gasteiger partial charge in [0.15, 0.2) is 0 Å². The normalized spacial score (nSPS) is 16.1. The number of aryl methyl sites for hydroxylation is 2. The van der Waals surface area contributed by atoms with E-state index in [0.717, 1.165) is 54.7 Å². The average Bonchev–Trinajstić information content (AvgIpc) is 3.39. The Kier molecular flexibility index (Phi) is 8.20. The zero-order valence-corrected chi connectivity index (χ0v) is 21.6. The maximum atomic E-state index is 12.8. The molecule has 0 atom stereocenters. The summed E-state index contributed by atoms with van der Waals surface area (Å²) in [7, 11) is 0. The van der Waals surface area contributed by atoms with Gasteiger partial charge < -0.3 is 15.4 Å². The average molecular weight is 499 g/mol. The Labute approximate surface area is 210 Å². The number of rotatable bonds is 8. The number of thiophene rings is 1. The van der Waals surface area contributed by atoms with Gasteiger partial charge in [-0.05, 0) is 62.8 Å². The molecule has 0 spiro atoms. The van der Waals surface area contributed by atoms with Gasteiger partial charge in [-0.1, -0.05) is 12.1 Å². The largest absolute Gasteiger partial charge is 0.462 e. The highest BCUT2D eigenvalue weighted by atomic mass is 32.1. The highest BCUT2D eigenvalue weighted by Gasteiger charge is 2.29. The maximum Gasteiger partial charge on any atom is 0.341 e. The zero-order valence-electron chi connectivity index (χ0n) is 20.7. The molecule has 1 saturated heterocycles. The molecule has 2 heterocycles. The minimum atomic E-state index is -0.352. The molecule has 0 saturated carbocycles. The first-order valence-electron chi connectivity index (χ1n) is 12.3. The number of anilines is 2. The topological polar surface area (TPSA) is 91.0 Å². The fourth-order valence-electron chi connectivity index (χ4n) is 4.67. The van der Waals surface area contributed by atoms with Gasteiger partial charge in [0, 0.05) is 36.7 Å². The number of piperazine rings is 1. The number of hydrogen-bond donors (Lipinski definition) is 2. The van der Waals surface area contributed by atoms with Crippen LogP contribution in [0.5, 0.6) is 0 Å². The first kappa shape index (κ1) is 25.3. The molecule has 1 aromatic heterocycles. The molecule has 1 fully saturated rings. The van der Waals surface area contributed by atoms with Crippen molar-refractivity contribution in [1.29, 1.82) is 0 Å². The van der Waals surface area contributed by atoms with Crippen LogP contribution in [0.25, 0.3) is 0 Å². The van der Waals surface area contributed by atoms with Gasteiger partial charge in [0.25, 0.3) is 0 Å². The van der Waals surface area contributed by atoms with Gasteiger partial charge in [0.1, 0.15) is 5.00 Å². The van der Waals surface area contributed by atoms with Crippen LogP contribution in [-0.4, -0.2) is 73.5 Å². The minimum absolute atomic E-state index is 0.0258. The van der Waals surface area contributed by atoms with Crippen molar-refractivity contribution < 1.29 is 19.1 Å². The molecule has 1 aliphatic carbocycles. The van der Waals surface area contributed by atoms with Crippen molar-refractivity contribution in [3.05, 3.63) is 45.3 Å². The van der Waals surface area contributed by atoms with Gasteiger partial charge in [-0.3, -0.25) is 19.4 Å². The number of ether oxygens (including phenoxy) is 1. The number of amides is 2. The van der Waals surface area contributed by atoms with Crippen LogP contribution in [0.2, 0.25) is 0 Å². The van der Waals surface area contributed by atoms with E-state index in [-0.39, 0.29) is 24.3 Å². The van der Waals surface area contributed by atoms with E-state index < -0.39 is 0 Å². The Balaban J connectivity index is 1.26. The number of carbonyl (C=O) groups excluding carboxylic acids is 3. The van der Waals surface area contributed by atoms with E-state index in [0.29, 0.717) is 36.8 Å². The summed E-state index contributed by atoms with van der Waals surface area (Å²) in [4.78, 5) is 43.2. The van der Waals surface area contributed by atoms with Crippen molar-refractivity contribution in [1.82, 2.24) is 9.80 Å². The molecule has 35 heavy (non-hydrogen) atoms. The Morgan fingerprint density at radius 3 is 2.29 bits per heavy atom. The number of benzene rings is 1. The lowest BCUT2D eigenvalue weighted by Gasteiger charge is -2.33. The summed E-state index contributed by atoms with van der Waals surface area (Å²) in [6.45, 7) is 9.57. The predicted molar refractivity (Wildman–Crippen MR) is 138 cm³/mol. The third kappa shape index (κ3) is 6.09. The highest BCUT2D eigenvalue weighted by Crippen LogP contribution is 2.39. The van der Waals surface area contributed by atoms with Gasteiger partial charge in [0.2, 0.25) is 11.8 Å². The lowest BCUT2D eigenvalue weighted by atomic mass is 10.1. The van der Waals surface area contributed by atoms with E-state index >= 15 is 0 Å². The van der Waals surface area contributed by atoms with Crippen LogP contribution in [0.15, 0.2) is 18.2 Å². The molecule has 1 aromatic carbocycles. The molecule has 4 rings (SSSR count). The van der Waals surface area contributed by atoms with Crippen LogP contribution >= 0.6 is 11.3 Å². The molecule has 8 nitrogen and oxygen atoms in total. The van der Waals surface area contributed by atoms with Crippen molar-refractivity contribution in [2.24, 2.45) is 0 Å². The van der Waals surface area contributed by atoms with Crippen molar-refractivity contribution in [3.8, 4) is 0 Å². The van der Waals surface area contributed by atoms with E-state index in [9.17, 15) is 14.4 Å². The van der Waals surface area contributed by atoms with Gasteiger partial charge >= 0.3 is 5.97 Å². The predicted octanol–water partition coefficient (Wildman–Crippen LogP) is 3.23. The van der Waals surface area contributed by atoms with Crippen LogP contribution in [0.3, 0.4) is 0 Å². The van der Waals surface area contributed by atoms with Gasteiger partial charge in [-0.2, -0.15) is 0 Å². The van der Waals surface area contributed by atoms with Crippen molar-refractivity contribution in [2.45, 2.75) is 40.0 Å². The highest BCUT2D eigenvalue weighted by molar-refractivity contribution is 7.17. The lowest BCUT2D eigenvalue weighted by Crippen LogP contribution is -2.50. The van der Waals surface area contributed by atoms with Gasteiger partial charge in [-0.25, -0.2) is 4.79 Å². The Hall–Kier alpha value is -2.75. The molecule has 188 valence electrons. The quantitative estimate of drug-likeness (QED) is 0.543. The number of carbonyl (C=O) groups is 3. The summed E-state index contributed by atoms with van der Waals surface area (Å²) in [5.74, 6) is -0.506. The molecule has 2 amide bonds. The first-order valence-corrected chi connectivity index (χ1v) is 13.1. The molecule has 0 unspecified atom stereocenters. The van der Waals surface area contributed by atoms with Crippen LogP contribution in [0.1, 0.15) is 45.3 Å². The third-order valence-electron chi connectivity index (χ3n) is 6.73. The van der Waals surface area contributed by atoms with E-state index in [1.807, 2.05) is 32.0 Å². The minimum Gasteiger partial charge on any atom is -0.462 e. The number of esters is 1. The summed E-state index contributed by atoms with van der Waals surface area (Å²) in [5, 5.41) is 6.59. The fraction of sp³-hybridized carbons (Fsp3) is 0.500. The number of nitrogens with one attached hydrogen (secondary N) is 2. The maximum absolute atomic E-state index is 12.8. The van der Waals surface area contributed by atoms with Crippen molar-refractivity contribution in [3.63, 3.8) is 0 Å². The second-order valence-corrected chi connectivity index (χ2v) is 10.3. The lowest BCUT2D eigenvalue weighted by molar-refractivity contribution is -0.120. The molecular weight excluding hydrogens is 464 g/mol. The molecule has 1 aliphatic heterocycles. The number of fused-ring (bicyclic) bond motifs is 1. The molecule has 0 radical (unpaired) electrons. The van der Waals surface area contributed by atoms with Gasteiger partial charge in [-0.15, -0.1) is 11.3 Å². The fourth-order valence-corrected chi connectivity index (χ4v) is 5.96. The summed E-state index contributed by atoms with van der Waals surface area (Å²) in [6.07, 6.45) is 2.84. The van der Waals surface area contributed by atoms with Crippen LogP contribution in [0, 0.1) is 13.8 Å². The Morgan fingerprint density at radius 1 is 0.971 bits per heavy atom. The van der Waals surface area contributed by atoms with E-state index in [1.165, 1.54) is 16.2 Å². The molecule has 9 heteroatoms. The van der Waals surface area contributed by atoms with Crippen LogP contribution in [0.4, 0.5) is 10.7 Å². The number of hydrogen-bond acceptors (Lipinski definition) is 7. The van der Waals surface area contributed by atoms with E-state index in [4.69, 9.17) is 4.74 Å². The summed E-state index contributed by atoms with van der Waals surface area (Å²) in [6, 6.07) is 5.90.